The van der Waals surface area contributed by atoms with E-state index in [0.29, 0.717) is 0 Å². The highest BCUT2D eigenvalue weighted by molar-refractivity contribution is 6.30. The largest absolute Gasteiger partial charge is 0.256 e. The molecule has 3 aromatic rings. The fourth-order valence-corrected chi connectivity index (χ4v) is 2.27. The first-order valence-corrected chi connectivity index (χ1v) is 8.14. The van der Waals surface area contributed by atoms with E-state index in [1.165, 1.54) is 0 Å². The Morgan fingerprint density at radius 2 is 0.833 bits per heavy atom. The maximum atomic E-state index is 5.86. The number of halogens is 2. The van der Waals surface area contributed by atoms with Crippen molar-refractivity contribution in [1.29, 1.82) is 0 Å². The standard InChI is InChI=1S/C20H14Cl2N2/c21-17-5-1-15(2-6-17)13-23-19-9-11-20(12-10-19)24-14-16-3-7-18(22)8-4-16/h1-14H. The van der Waals surface area contributed by atoms with Crippen LogP contribution in [0.25, 0.3) is 0 Å². The highest BCUT2D eigenvalue weighted by atomic mass is 35.5. The average molecular weight is 353 g/mol. The van der Waals surface area contributed by atoms with E-state index in [9.17, 15) is 0 Å². The minimum atomic E-state index is 0.718. The summed E-state index contributed by atoms with van der Waals surface area (Å²) in [5.41, 5.74) is 3.75. The molecule has 4 heteroatoms. The molecule has 0 saturated heterocycles. The van der Waals surface area contributed by atoms with Gasteiger partial charge in [0, 0.05) is 22.5 Å². The summed E-state index contributed by atoms with van der Waals surface area (Å²) in [5.74, 6) is 0. The highest BCUT2D eigenvalue weighted by Crippen LogP contribution is 2.19. The number of rotatable bonds is 4. The fourth-order valence-electron chi connectivity index (χ4n) is 2.02. The number of nitrogens with zero attached hydrogens (tertiary/aromatic N) is 2. The SMILES string of the molecule is Clc1ccc(C=Nc2ccc(N=Cc3ccc(Cl)cc3)cc2)cc1. The molecule has 3 aromatic carbocycles. The molecule has 0 bridgehead atoms. The monoisotopic (exact) mass is 352 g/mol. The lowest BCUT2D eigenvalue weighted by Crippen LogP contribution is -1.79. The van der Waals surface area contributed by atoms with Crippen LogP contribution in [0.1, 0.15) is 11.1 Å². The van der Waals surface area contributed by atoms with Gasteiger partial charge < -0.3 is 0 Å². The Morgan fingerprint density at radius 1 is 0.500 bits per heavy atom. The average Bonchev–Trinajstić information content (AvgIpc) is 2.62. The molecule has 0 radical (unpaired) electrons. The second kappa shape index (κ2) is 7.91. The Kier molecular flexibility index (Phi) is 5.42. The van der Waals surface area contributed by atoms with Crippen molar-refractivity contribution in [2.45, 2.75) is 0 Å². The number of hydrogen-bond donors (Lipinski definition) is 0. The Hall–Kier alpha value is -2.42. The van der Waals surface area contributed by atoms with Crippen molar-refractivity contribution < 1.29 is 0 Å². The summed E-state index contributed by atoms with van der Waals surface area (Å²) in [6.45, 7) is 0. The number of hydrogen-bond acceptors (Lipinski definition) is 2. The lowest BCUT2D eigenvalue weighted by atomic mass is 10.2. The Balaban J connectivity index is 1.66. The van der Waals surface area contributed by atoms with E-state index in [0.717, 1.165) is 32.5 Å². The molecule has 0 aromatic heterocycles. The van der Waals surface area contributed by atoms with Gasteiger partial charge in [0.05, 0.1) is 11.4 Å². The topological polar surface area (TPSA) is 24.7 Å². The van der Waals surface area contributed by atoms with Crippen LogP contribution in [0.3, 0.4) is 0 Å². The summed E-state index contributed by atoms with van der Waals surface area (Å²) in [7, 11) is 0. The molecule has 0 saturated carbocycles. The minimum Gasteiger partial charge on any atom is -0.256 e. The third-order valence-corrected chi connectivity index (χ3v) is 3.82. The maximum absolute atomic E-state index is 5.86. The summed E-state index contributed by atoms with van der Waals surface area (Å²) >= 11 is 11.7. The van der Waals surface area contributed by atoms with E-state index < -0.39 is 0 Å². The van der Waals surface area contributed by atoms with E-state index in [4.69, 9.17) is 23.2 Å². The Bertz CT molecular complexity index is 775. The van der Waals surface area contributed by atoms with Crippen molar-refractivity contribution in [3.63, 3.8) is 0 Å². The molecule has 2 nitrogen and oxygen atoms in total. The molecule has 0 fully saturated rings. The zero-order valence-corrected chi connectivity index (χ0v) is 14.2. The second-order valence-electron chi connectivity index (χ2n) is 5.14. The van der Waals surface area contributed by atoms with Crippen molar-refractivity contribution >= 4 is 47.0 Å². The van der Waals surface area contributed by atoms with Crippen molar-refractivity contribution in [1.82, 2.24) is 0 Å². The first-order chi connectivity index (χ1) is 11.7. The molecule has 24 heavy (non-hydrogen) atoms. The summed E-state index contributed by atoms with van der Waals surface area (Å²) in [6.07, 6.45) is 3.62. The van der Waals surface area contributed by atoms with Gasteiger partial charge in [-0.15, -0.1) is 0 Å². The van der Waals surface area contributed by atoms with Crippen molar-refractivity contribution in [2.75, 3.05) is 0 Å². The van der Waals surface area contributed by atoms with Crippen LogP contribution in [0.4, 0.5) is 11.4 Å². The zero-order chi connectivity index (χ0) is 16.8. The zero-order valence-electron chi connectivity index (χ0n) is 12.7. The molecule has 0 heterocycles. The van der Waals surface area contributed by atoms with Gasteiger partial charge in [0.25, 0.3) is 0 Å². The molecule has 0 spiro atoms. The molecule has 0 aliphatic heterocycles. The van der Waals surface area contributed by atoms with E-state index in [1.54, 1.807) is 0 Å². The summed E-state index contributed by atoms with van der Waals surface area (Å²) in [4.78, 5) is 8.88. The fraction of sp³-hybridized carbons (Fsp3) is 0. The molecule has 118 valence electrons. The molecule has 0 aliphatic rings. The van der Waals surface area contributed by atoms with Crippen LogP contribution in [-0.4, -0.2) is 12.4 Å². The van der Waals surface area contributed by atoms with Crippen LogP contribution in [0.15, 0.2) is 82.8 Å². The Morgan fingerprint density at radius 3 is 1.17 bits per heavy atom. The molecule has 0 amide bonds. The van der Waals surface area contributed by atoms with Gasteiger partial charge in [-0.3, -0.25) is 9.98 Å². The molecule has 3 rings (SSSR count). The van der Waals surface area contributed by atoms with Gasteiger partial charge >= 0.3 is 0 Å². The third kappa shape index (κ3) is 4.79. The molecular weight excluding hydrogens is 339 g/mol. The summed E-state index contributed by atoms with van der Waals surface area (Å²) in [5, 5.41) is 1.44. The lowest BCUT2D eigenvalue weighted by Gasteiger charge is -1.97. The summed E-state index contributed by atoms with van der Waals surface area (Å²) < 4.78 is 0. The van der Waals surface area contributed by atoms with Crippen LogP contribution >= 0.6 is 23.2 Å². The second-order valence-corrected chi connectivity index (χ2v) is 6.01. The van der Waals surface area contributed by atoms with Gasteiger partial charge in [-0.2, -0.15) is 0 Å². The third-order valence-electron chi connectivity index (χ3n) is 3.32. The van der Waals surface area contributed by atoms with E-state index in [2.05, 4.69) is 9.98 Å². The first-order valence-electron chi connectivity index (χ1n) is 7.38. The highest BCUT2D eigenvalue weighted by Gasteiger charge is 1.93. The van der Waals surface area contributed by atoms with Crippen LogP contribution in [0, 0.1) is 0 Å². The normalized spacial score (nSPS) is 11.4. The first kappa shape index (κ1) is 16.4. The van der Waals surface area contributed by atoms with E-state index >= 15 is 0 Å². The predicted molar refractivity (Wildman–Crippen MR) is 104 cm³/mol. The van der Waals surface area contributed by atoms with Crippen molar-refractivity contribution in [2.24, 2.45) is 9.98 Å². The smallest absolute Gasteiger partial charge is 0.0631 e. The van der Waals surface area contributed by atoms with Crippen molar-refractivity contribution in [3.8, 4) is 0 Å². The van der Waals surface area contributed by atoms with Crippen LogP contribution in [0.5, 0.6) is 0 Å². The Labute approximate surface area is 151 Å². The van der Waals surface area contributed by atoms with Crippen LogP contribution < -0.4 is 0 Å². The van der Waals surface area contributed by atoms with Crippen molar-refractivity contribution in [3.05, 3.63) is 94.0 Å². The predicted octanol–water partition coefficient (Wildman–Crippen LogP) is 6.49. The maximum Gasteiger partial charge on any atom is 0.0631 e. The quantitative estimate of drug-likeness (QED) is 0.479. The van der Waals surface area contributed by atoms with Gasteiger partial charge in [-0.05, 0) is 59.7 Å². The van der Waals surface area contributed by atoms with Gasteiger partial charge in [-0.25, -0.2) is 0 Å². The van der Waals surface area contributed by atoms with Gasteiger partial charge in [0.15, 0.2) is 0 Å². The van der Waals surface area contributed by atoms with Gasteiger partial charge in [-0.1, -0.05) is 47.5 Å². The molecule has 0 aliphatic carbocycles. The lowest BCUT2D eigenvalue weighted by molar-refractivity contribution is 1.48. The van der Waals surface area contributed by atoms with Gasteiger partial charge in [0.1, 0.15) is 0 Å². The molecule has 0 atom stereocenters. The molecule has 0 N–H and O–H groups in total. The number of aliphatic imine (C=N–C) groups is 2. The van der Waals surface area contributed by atoms with E-state index in [1.807, 2.05) is 85.2 Å². The minimum absolute atomic E-state index is 0.718. The van der Waals surface area contributed by atoms with Gasteiger partial charge in [0.2, 0.25) is 0 Å². The van der Waals surface area contributed by atoms with E-state index in [-0.39, 0.29) is 0 Å². The molecular formula is C20H14Cl2N2. The van der Waals surface area contributed by atoms with Crippen LogP contribution in [-0.2, 0) is 0 Å². The van der Waals surface area contributed by atoms with Crippen LogP contribution in [0.2, 0.25) is 10.0 Å². The molecule has 0 unspecified atom stereocenters. The number of benzene rings is 3. The summed E-state index contributed by atoms with van der Waals surface area (Å²) in [6, 6.07) is 22.8.